The number of fused-ring (bicyclic) bond motifs is 1. The molecule has 104 valence electrons. The van der Waals surface area contributed by atoms with Crippen LogP contribution in [0.2, 0.25) is 0 Å². The van der Waals surface area contributed by atoms with Crippen molar-refractivity contribution in [2.75, 3.05) is 0 Å². The average molecular weight is 266 g/mol. The highest BCUT2D eigenvalue weighted by molar-refractivity contribution is 5.87. The van der Waals surface area contributed by atoms with Crippen LogP contribution in [0.5, 0.6) is 0 Å². The Kier molecular flexibility index (Phi) is 3.37. The lowest BCUT2D eigenvalue weighted by Crippen LogP contribution is -2.27. The number of Topliss-reactive ketones (excluding diaryl/α,β-unsaturated/α-hetero) is 1. The van der Waals surface area contributed by atoms with Gasteiger partial charge in [0.25, 0.3) is 0 Å². The molecule has 1 nitrogen and oxygen atoms in total. The van der Waals surface area contributed by atoms with Crippen molar-refractivity contribution in [1.82, 2.24) is 0 Å². The van der Waals surface area contributed by atoms with Gasteiger partial charge in [-0.25, -0.2) is 0 Å². The second kappa shape index (κ2) is 5.05. The van der Waals surface area contributed by atoms with Crippen molar-refractivity contribution in [3.05, 3.63) is 48.0 Å². The predicted octanol–water partition coefficient (Wildman–Crippen LogP) is 4.78. The van der Waals surface area contributed by atoms with Gasteiger partial charge in [0.15, 0.2) is 0 Å². The fourth-order valence-corrected chi connectivity index (χ4v) is 3.60. The molecule has 1 unspecified atom stereocenters. The van der Waals surface area contributed by atoms with E-state index in [0.29, 0.717) is 12.2 Å². The summed E-state index contributed by atoms with van der Waals surface area (Å²) in [7, 11) is 0. The van der Waals surface area contributed by atoms with E-state index >= 15 is 0 Å². The summed E-state index contributed by atoms with van der Waals surface area (Å²) >= 11 is 0. The Morgan fingerprint density at radius 1 is 1.15 bits per heavy atom. The first-order chi connectivity index (χ1) is 9.56. The molecule has 0 N–H and O–H groups in total. The lowest BCUT2D eigenvalue weighted by atomic mass is 9.78. The molecule has 0 saturated heterocycles. The van der Waals surface area contributed by atoms with Gasteiger partial charge in [0.1, 0.15) is 5.78 Å². The average Bonchev–Trinajstić information content (AvgIpc) is 2.78. The van der Waals surface area contributed by atoms with Crippen molar-refractivity contribution in [1.29, 1.82) is 0 Å². The molecule has 2 aromatic rings. The number of carbonyl (C=O) groups excluding carboxylic acids is 1. The minimum Gasteiger partial charge on any atom is -0.299 e. The third-order valence-corrected chi connectivity index (χ3v) is 4.84. The summed E-state index contributed by atoms with van der Waals surface area (Å²) in [5.74, 6) is 0.664. The van der Waals surface area contributed by atoms with Gasteiger partial charge in [0.05, 0.1) is 0 Å². The van der Waals surface area contributed by atoms with Gasteiger partial charge >= 0.3 is 0 Å². The van der Waals surface area contributed by atoms with Gasteiger partial charge in [0.2, 0.25) is 0 Å². The topological polar surface area (TPSA) is 17.1 Å². The Labute approximate surface area is 121 Å². The second-order valence-electron chi connectivity index (χ2n) is 6.76. The van der Waals surface area contributed by atoms with Crippen LogP contribution in [0.25, 0.3) is 10.8 Å². The van der Waals surface area contributed by atoms with Crippen molar-refractivity contribution >= 4 is 16.6 Å². The van der Waals surface area contributed by atoms with Gasteiger partial charge in [0, 0.05) is 12.3 Å². The third-order valence-electron chi connectivity index (χ3n) is 4.84. The van der Waals surface area contributed by atoms with E-state index in [0.717, 1.165) is 12.0 Å². The lowest BCUT2D eigenvalue weighted by molar-refractivity contribution is -0.124. The summed E-state index contributed by atoms with van der Waals surface area (Å²) in [5.41, 5.74) is 1.34. The SMILES string of the molecule is CC1(C)CCCC1C(=O)Cc1ccc2ccccc2c1. The zero-order valence-electron chi connectivity index (χ0n) is 12.4. The van der Waals surface area contributed by atoms with Crippen molar-refractivity contribution in [3.63, 3.8) is 0 Å². The van der Waals surface area contributed by atoms with Crippen LogP contribution in [-0.2, 0) is 11.2 Å². The predicted molar refractivity (Wildman–Crippen MR) is 83.8 cm³/mol. The number of rotatable bonds is 3. The summed E-state index contributed by atoms with van der Waals surface area (Å²) in [6.45, 7) is 4.48. The van der Waals surface area contributed by atoms with Crippen LogP contribution < -0.4 is 0 Å². The van der Waals surface area contributed by atoms with Gasteiger partial charge in [-0.2, -0.15) is 0 Å². The Balaban J connectivity index is 1.81. The standard InChI is InChI=1S/C19H22O/c1-19(2)11-5-8-17(19)18(20)13-14-9-10-15-6-3-4-7-16(15)12-14/h3-4,6-7,9-10,12,17H,5,8,11,13H2,1-2H3. The van der Waals surface area contributed by atoms with Crippen LogP contribution in [0.1, 0.15) is 38.7 Å². The second-order valence-corrected chi connectivity index (χ2v) is 6.76. The first-order valence-corrected chi connectivity index (χ1v) is 7.57. The summed E-state index contributed by atoms with van der Waals surface area (Å²) < 4.78 is 0. The fraction of sp³-hybridized carbons (Fsp3) is 0.421. The van der Waals surface area contributed by atoms with Gasteiger partial charge < -0.3 is 0 Å². The minimum atomic E-state index is 0.188. The summed E-state index contributed by atoms with van der Waals surface area (Å²) in [6.07, 6.45) is 4.03. The number of hydrogen-bond acceptors (Lipinski definition) is 1. The summed E-state index contributed by atoms with van der Waals surface area (Å²) in [6, 6.07) is 14.7. The minimum absolute atomic E-state index is 0.188. The van der Waals surface area contributed by atoms with E-state index in [4.69, 9.17) is 0 Å². The van der Waals surface area contributed by atoms with E-state index in [1.165, 1.54) is 23.6 Å². The number of hydrogen-bond donors (Lipinski definition) is 0. The fourth-order valence-electron chi connectivity index (χ4n) is 3.60. The molecule has 20 heavy (non-hydrogen) atoms. The molecule has 0 aliphatic heterocycles. The van der Waals surface area contributed by atoms with E-state index in [-0.39, 0.29) is 11.3 Å². The molecule has 0 amide bonds. The zero-order chi connectivity index (χ0) is 14.2. The highest BCUT2D eigenvalue weighted by atomic mass is 16.1. The summed E-state index contributed by atoms with van der Waals surface area (Å²) in [4.78, 5) is 12.6. The maximum atomic E-state index is 12.6. The molecule has 0 radical (unpaired) electrons. The molecule has 1 fully saturated rings. The first kappa shape index (κ1) is 13.4. The molecule has 0 aromatic heterocycles. The molecule has 0 heterocycles. The van der Waals surface area contributed by atoms with Crippen molar-refractivity contribution in [2.45, 2.75) is 39.5 Å². The highest BCUT2D eigenvalue weighted by Crippen LogP contribution is 2.43. The number of carbonyl (C=O) groups is 1. The van der Waals surface area contributed by atoms with Crippen LogP contribution in [0.4, 0.5) is 0 Å². The van der Waals surface area contributed by atoms with E-state index in [1.807, 2.05) is 12.1 Å². The molecule has 1 aliphatic rings. The van der Waals surface area contributed by atoms with Crippen LogP contribution in [0, 0.1) is 11.3 Å². The smallest absolute Gasteiger partial charge is 0.140 e. The van der Waals surface area contributed by atoms with Crippen molar-refractivity contribution in [3.8, 4) is 0 Å². The van der Waals surface area contributed by atoms with Gasteiger partial charge in [-0.3, -0.25) is 4.79 Å². The Bertz CT molecular complexity index is 639. The molecule has 1 saturated carbocycles. The maximum absolute atomic E-state index is 12.6. The van der Waals surface area contributed by atoms with Gasteiger partial charge in [-0.1, -0.05) is 62.7 Å². The molecule has 1 heteroatoms. The Hall–Kier alpha value is -1.63. The van der Waals surface area contributed by atoms with Crippen molar-refractivity contribution in [2.24, 2.45) is 11.3 Å². The third kappa shape index (κ3) is 2.49. The van der Waals surface area contributed by atoms with Gasteiger partial charge in [-0.05, 0) is 34.6 Å². The van der Waals surface area contributed by atoms with Crippen LogP contribution in [0.15, 0.2) is 42.5 Å². The van der Waals surface area contributed by atoms with Crippen LogP contribution in [-0.4, -0.2) is 5.78 Å². The molecule has 0 spiro atoms. The van der Waals surface area contributed by atoms with Crippen molar-refractivity contribution < 1.29 is 4.79 Å². The Morgan fingerprint density at radius 3 is 2.60 bits per heavy atom. The molecular formula is C19H22O. The van der Waals surface area contributed by atoms with E-state index in [2.05, 4.69) is 44.2 Å². The monoisotopic (exact) mass is 266 g/mol. The van der Waals surface area contributed by atoms with E-state index in [1.54, 1.807) is 0 Å². The first-order valence-electron chi connectivity index (χ1n) is 7.57. The quantitative estimate of drug-likeness (QED) is 0.781. The lowest BCUT2D eigenvalue weighted by Gasteiger charge is -2.25. The molecule has 1 aliphatic carbocycles. The molecular weight excluding hydrogens is 244 g/mol. The Morgan fingerprint density at radius 2 is 1.90 bits per heavy atom. The normalized spacial score (nSPS) is 21.2. The van der Waals surface area contributed by atoms with Crippen LogP contribution >= 0.6 is 0 Å². The highest BCUT2D eigenvalue weighted by Gasteiger charge is 2.38. The molecule has 0 bridgehead atoms. The van der Waals surface area contributed by atoms with Gasteiger partial charge in [-0.15, -0.1) is 0 Å². The molecule has 1 atom stereocenters. The molecule has 3 rings (SSSR count). The number of benzene rings is 2. The largest absolute Gasteiger partial charge is 0.299 e. The summed E-state index contributed by atoms with van der Waals surface area (Å²) in [5, 5.41) is 2.47. The maximum Gasteiger partial charge on any atom is 0.140 e. The van der Waals surface area contributed by atoms with Crippen LogP contribution in [0.3, 0.4) is 0 Å². The zero-order valence-corrected chi connectivity index (χ0v) is 12.4. The van der Waals surface area contributed by atoms with E-state index in [9.17, 15) is 4.79 Å². The number of ketones is 1. The molecule has 2 aromatic carbocycles. The van der Waals surface area contributed by atoms with E-state index < -0.39 is 0 Å².